The molecule has 1 unspecified atom stereocenters. The summed E-state index contributed by atoms with van der Waals surface area (Å²) in [4.78, 5) is 13.1. The van der Waals surface area contributed by atoms with Crippen molar-refractivity contribution in [3.05, 3.63) is 0 Å². The average molecular weight is 230 g/mol. The fraction of sp³-hybridized carbons (Fsp3) is 0.909. The minimum atomic E-state index is -0.192. The van der Waals surface area contributed by atoms with Crippen molar-refractivity contribution in [1.82, 2.24) is 10.2 Å². The molecule has 1 saturated heterocycles. The molecule has 0 aromatic heterocycles. The highest BCUT2D eigenvalue weighted by atomic mass is 16.5. The van der Waals surface area contributed by atoms with Crippen molar-refractivity contribution in [3.63, 3.8) is 0 Å². The van der Waals surface area contributed by atoms with Gasteiger partial charge in [-0.3, -0.25) is 9.69 Å². The van der Waals surface area contributed by atoms with Crippen LogP contribution in [0.3, 0.4) is 0 Å². The maximum Gasteiger partial charge on any atom is 0.306 e. The van der Waals surface area contributed by atoms with E-state index in [1.165, 1.54) is 20.0 Å². The molecule has 1 aliphatic rings. The number of ether oxygens (including phenoxy) is 1. The van der Waals surface area contributed by atoms with Crippen LogP contribution in [0, 0.1) is 0 Å². The fourth-order valence-corrected chi connectivity index (χ4v) is 2.01. The van der Waals surface area contributed by atoms with E-state index < -0.39 is 0 Å². The van der Waals surface area contributed by atoms with Gasteiger partial charge in [0.25, 0.3) is 0 Å². The lowest BCUT2D eigenvalue weighted by atomic mass is 10.2. The summed E-state index contributed by atoms with van der Waals surface area (Å²) in [5.41, 5.74) is 0. The van der Waals surface area contributed by atoms with Crippen LogP contribution in [-0.2, 0) is 9.53 Å². The third kappa shape index (κ3) is 4.92. The number of nitrogens with zero attached hydrogens (tertiary/aromatic N) is 1. The van der Waals surface area contributed by atoms with Crippen molar-refractivity contribution >= 4 is 5.97 Å². The number of hydrogen-bond acceptors (Lipinski definition) is 5. The maximum absolute atomic E-state index is 11.0. The van der Waals surface area contributed by atoms with E-state index in [-0.39, 0.29) is 12.6 Å². The first kappa shape index (κ1) is 13.4. The van der Waals surface area contributed by atoms with Gasteiger partial charge < -0.3 is 15.2 Å². The first-order chi connectivity index (χ1) is 7.76. The first-order valence-corrected chi connectivity index (χ1v) is 5.89. The summed E-state index contributed by atoms with van der Waals surface area (Å²) < 4.78 is 4.61. The van der Waals surface area contributed by atoms with Crippen molar-refractivity contribution in [2.24, 2.45) is 0 Å². The van der Waals surface area contributed by atoms with E-state index >= 15 is 0 Å². The van der Waals surface area contributed by atoms with Gasteiger partial charge in [-0.15, -0.1) is 0 Å². The van der Waals surface area contributed by atoms with Crippen molar-refractivity contribution in [2.45, 2.75) is 25.3 Å². The summed E-state index contributed by atoms with van der Waals surface area (Å²) in [6.07, 6.45) is 2.79. The Morgan fingerprint density at radius 3 is 2.94 bits per heavy atom. The summed E-state index contributed by atoms with van der Waals surface area (Å²) in [5, 5.41) is 12.4. The Bertz CT molecular complexity index is 205. The van der Waals surface area contributed by atoms with Gasteiger partial charge in [0.15, 0.2) is 0 Å². The summed E-state index contributed by atoms with van der Waals surface area (Å²) >= 11 is 0. The topological polar surface area (TPSA) is 61.8 Å². The lowest BCUT2D eigenvalue weighted by Gasteiger charge is -2.24. The largest absolute Gasteiger partial charge is 0.469 e. The monoisotopic (exact) mass is 230 g/mol. The Hall–Kier alpha value is -0.650. The molecule has 5 nitrogen and oxygen atoms in total. The van der Waals surface area contributed by atoms with Crippen LogP contribution >= 0.6 is 0 Å². The number of carbonyl (C=O) groups is 1. The normalized spacial score (nSPS) is 20.3. The predicted octanol–water partition coefficient (Wildman–Crippen LogP) is -0.404. The summed E-state index contributed by atoms with van der Waals surface area (Å²) in [6, 6.07) is 0.504. The molecule has 94 valence electrons. The van der Waals surface area contributed by atoms with E-state index in [0.717, 1.165) is 13.1 Å². The molecule has 0 spiro atoms. The highest BCUT2D eigenvalue weighted by Gasteiger charge is 2.18. The second-order valence-electron chi connectivity index (χ2n) is 4.14. The Morgan fingerprint density at radius 2 is 2.38 bits per heavy atom. The number of methoxy groups -OCH3 is 1. The van der Waals surface area contributed by atoms with E-state index in [4.69, 9.17) is 5.11 Å². The smallest absolute Gasteiger partial charge is 0.306 e. The van der Waals surface area contributed by atoms with Gasteiger partial charge in [-0.2, -0.15) is 0 Å². The van der Waals surface area contributed by atoms with Gasteiger partial charge >= 0.3 is 5.97 Å². The van der Waals surface area contributed by atoms with Crippen LogP contribution in [0.5, 0.6) is 0 Å². The van der Waals surface area contributed by atoms with Gasteiger partial charge in [0.2, 0.25) is 0 Å². The van der Waals surface area contributed by atoms with Crippen LogP contribution < -0.4 is 5.32 Å². The lowest BCUT2D eigenvalue weighted by molar-refractivity contribution is -0.141. The molecule has 5 heteroatoms. The second-order valence-corrected chi connectivity index (χ2v) is 4.14. The first-order valence-electron chi connectivity index (χ1n) is 5.89. The molecule has 0 aromatic carbocycles. The predicted molar refractivity (Wildman–Crippen MR) is 61.2 cm³/mol. The Balaban J connectivity index is 2.25. The SMILES string of the molecule is COC(=O)CCN(CCO)CC1CCCN1. The van der Waals surface area contributed by atoms with Gasteiger partial charge in [-0.05, 0) is 19.4 Å². The van der Waals surface area contributed by atoms with Crippen molar-refractivity contribution < 1.29 is 14.6 Å². The molecule has 0 bridgehead atoms. The zero-order valence-corrected chi connectivity index (χ0v) is 9.95. The highest BCUT2D eigenvalue weighted by Crippen LogP contribution is 2.07. The Labute approximate surface area is 96.8 Å². The molecule has 1 atom stereocenters. The van der Waals surface area contributed by atoms with E-state index in [1.54, 1.807) is 0 Å². The minimum absolute atomic E-state index is 0.133. The number of rotatable bonds is 7. The zero-order chi connectivity index (χ0) is 11.8. The molecule has 2 N–H and O–H groups in total. The number of nitrogens with one attached hydrogen (secondary N) is 1. The molecular formula is C11H22N2O3. The van der Waals surface area contributed by atoms with E-state index in [0.29, 0.717) is 25.6 Å². The van der Waals surface area contributed by atoms with Crippen molar-refractivity contribution in [1.29, 1.82) is 0 Å². The lowest BCUT2D eigenvalue weighted by Crippen LogP contribution is -2.40. The second kappa shape index (κ2) is 7.60. The summed E-state index contributed by atoms with van der Waals surface area (Å²) in [6.45, 7) is 3.39. The van der Waals surface area contributed by atoms with Gasteiger partial charge in [0.1, 0.15) is 0 Å². The van der Waals surface area contributed by atoms with Crippen molar-refractivity contribution in [3.8, 4) is 0 Å². The molecule has 0 saturated carbocycles. The maximum atomic E-state index is 11.0. The van der Waals surface area contributed by atoms with Crippen LogP contribution in [0.15, 0.2) is 0 Å². The molecule has 1 aliphatic heterocycles. The van der Waals surface area contributed by atoms with Gasteiger partial charge in [-0.25, -0.2) is 0 Å². The van der Waals surface area contributed by atoms with Gasteiger partial charge in [-0.1, -0.05) is 0 Å². The van der Waals surface area contributed by atoms with E-state index in [2.05, 4.69) is 15.0 Å². The molecule has 16 heavy (non-hydrogen) atoms. The standard InChI is InChI=1S/C11H22N2O3/c1-16-11(15)4-6-13(7-8-14)9-10-3-2-5-12-10/h10,12,14H,2-9H2,1H3. The van der Waals surface area contributed by atoms with Crippen LogP contribution in [0.2, 0.25) is 0 Å². The zero-order valence-electron chi connectivity index (χ0n) is 9.95. The molecule has 1 rings (SSSR count). The van der Waals surface area contributed by atoms with E-state index in [9.17, 15) is 4.79 Å². The van der Waals surface area contributed by atoms with E-state index in [1.807, 2.05) is 0 Å². The average Bonchev–Trinajstić information content (AvgIpc) is 2.78. The number of esters is 1. The molecule has 1 fully saturated rings. The number of aliphatic hydroxyl groups excluding tert-OH is 1. The van der Waals surface area contributed by atoms with Gasteiger partial charge in [0, 0.05) is 25.7 Å². The molecule has 0 aliphatic carbocycles. The highest BCUT2D eigenvalue weighted by molar-refractivity contribution is 5.69. The molecule has 1 heterocycles. The van der Waals surface area contributed by atoms with Crippen LogP contribution in [-0.4, -0.2) is 61.9 Å². The number of carbonyl (C=O) groups excluding carboxylic acids is 1. The minimum Gasteiger partial charge on any atom is -0.469 e. The molecule has 0 amide bonds. The summed E-state index contributed by atoms with van der Waals surface area (Å²) in [7, 11) is 1.40. The quantitative estimate of drug-likeness (QED) is 0.583. The fourth-order valence-electron chi connectivity index (χ4n) is 2.01. The van der Waals surface area contributed by atoms with Crippen LogP contribution in [0.1, 0.15) is 19.3 Å². The summed E-state index contributed by atoms with van der Waals surface area (Å²) in [5.74, 6) is -0.192. The van der Waals surface area contributed by atoms with Crippen molar-refractivity contribution in [2.75, 3.05) is 39.9 Å². The molecule has 0 aromatic rings. The molecular weight excluding hydrogens is 208 g/mol. The third-order valence-electron chi connectivity index (χ3n) is 2.92. The Morgan fingerprint density at radius 1 is 1.56 bits per heavy atom. The van der Waals surface area contributed by atoms with Crippen LogP contribution in [0.4, 0.5) is 0 Å². The Kier molecular flexibility index (Phi) is 6.37. The van der Waals surface area contributed by atoms with Gasteiger partial charge in [0.05, 0.1) is 20.1 Å². The molecule has 0 radical (unpaired) electrons. The van der Waals surface area contributed by atoms with Crippen LogP contribution in [0.25, 0.3) is 0 Å². The number of aliphatic hydroxyl groups is 1. The number of hydrogen-bond donors (Lipinski definition) is 2. The third-order valence-corrected chi connectivity index (χ3v) is 2.92.